The predicted octanol–water partition coefficient (Wildman–Crippen LogP) is 1.94. The van der Waals surface area contributed by atoms with Gasteiger partial charge in [-0.25, -0.2) is 0 Å². The molecule has 0 atom stereocenters. The van der Waals surface area contributed by atoms with Gasteiger partial charge in [-0.3, -0.25) is 0 Å². The van der Waals surface area contributed by atoms with Gasteiger partial charge in [0.05, 0.1) is 12.8 Å². The molecule has 0 heterocycles. The van der Waals surface area contributed by atoms with Crippen molar-refractivity contribution in [3.63, 3.8) is 0 Å². The minimum absolute atomic E-state index is 0. The van der Waals surface area contributed by atoms with E-state index in [0.717, 1.165) is 15.9 Å². The molecule has 0 saturated carbocycles. The first kappa shape index (κ1) is 21.7. The van der Waals surface area contributed by atoms with Crippen LogP contribution < -0.4 is 32.9 Å². The quantitative estimate of drug-likeness (QED) is 0.542. The van der Waals surface area contributed by atoms with Crippen molar-refractivity contribution in [1.29, 1.82) is 0 Å². The van der Waals surface area contributed by atoms with Gasteiger partial charge in [0, 0.05) is 15.1 Å². The molecule has 1 nitrogen and oxygen atoms in total. The van der Waals surface area contributed by atoms with Crippen LogP contribution in [0.1, 0.15) is 0 Å². The first-order valence-corrected chi connectivity index (χ1v) is 10.9. The third-order valence-corrected chi connectivity index (χ3v) is 9.40. The van der Waals surface area contributed by atoms with Gasteiger partial charge >= 0.3 is 0 Å². The number of hydrogen-bond donors (Lipinski definition) is 1. The van der Waals surface area contributed by atoms with Crippen molar-refractivity contribution >= 4 is 58.0 Å². The van der Waals surface area contributed by atoms with Gasteiger partial charge in [-0.15, -0.1) is 0 Å². The Balaban J connectivity index is 0.00000243. The van der Waals surface area contributed by atoms with Crippen LogP contribution in [0, 0.1) is 0 Å². The van der Waals surface area contributed by atoms with Crippen LogP contribution in [0.3, 0.4) is 0 Å². The van der Waals surface area contributed by atoms with Gasteiger partial charge in [-0.1, -0.05) is 34.8 Å². The van der Waals surface area contributed by atoms with Crippen molar-refractivity contribution in [2.24, 2.45) is 0 Å². The smallest absolute Gasteiger partial charge is 0.114 e. The average Bonchev–Trinajstić information content (AvgIpc) is 2.62. The molecular formula is C20H17BrCl3OP. The summed E-state index contributed by atoms with van der Waals surface area (Å²) in [7, 11) is -2.04. The molecule has 0 spiro atoms. The summed E-state index contributed by atoms with van der Waals surface area (Å²) in [5.74, 6) is 0. The zero-order valence-electron chi connectivity index (χ0n) is 13.7. The summed E-state index contributed by atoms with van der Waals surface area (Å²) in [5.41, 5.74) is 0. The highest BCUT2D eigenvalue weighted by atomic mass is 79.9. The van der Waals surface area contributed by atoms with Crippen LogP contribution in [0.4, 0.5) is 0 Å². The van der Waals surface area contributed by atoms with E-state index in [0.29, 0.717) is 21.2 Å². The molecule has 3 aromatic carbocycles. The predicted molar refractivity (Wildman–Crippen MR) is 112 cm³/mol. The van der Waals surface area contributed by atoms with Gasteiger partial charge in [0.1, 0.15) is 23.2 Å². The summed E-state index contributed by atoms with van der Waals surface area (Å²) in [4.78, 5) is 0. The maximum Gasteiger partial charge on any atom is 0.114 e. The van der Waals surface area contributed by atoms with E-state index in [9.17, 15) is 5.11 Å². The topological polar surface area (TPSA) is 20.2 Å². The minimum atomic E-state index is -2.04. The lowest BCUT2D eigenvalue weighted by atomic mass is 10.3. The highest BCUT2D eigenvalue weighted by molar-refractivity contribution is 7.95. The fourth-order valence-electron chi connectivity index (χ4n) is 3.07. The molecule has 136 valence electrons. The van der Waals surface area contributed by atoms with Crippen LogP contribution in [0.25, 0.3) is 0 Å². The van der Waals surface area contributed by atoms with Crippen LogP contribution in [-0.4, -0.2) is 17.9 Å². The van der Waals surface area contributed by atoms with Gasteiger partial charge in [-0.05, 0) is 72.8 Å². The molecule has 0 amide bonds. The Morgan fingerprint density at radius 1 is 0.577 bits per heavy atom. The lowest BCUT2D eigenvalue weighted by molar-refractivity contribution is -0.00000571. The Hall–Kier alpha value is -0.600. The second-order valence-corrected chi connectivity index (χ2v) is 10.6. The standard InChI is InChI=1S/C20H17Cl3OP.BrH/c21-15-1-7-18(8-2-15)25(14-13-24,19-9-3-16(22)4-10-19)20-11-5-17(23)6-12-20;/h1-12,24H,13-14H2;1H/q+1;/p-1. The van der Waals surface area contributed by atoms with Crippen molar-refractivity contribution in [2.75, 3.05) is 12.8 Å². The van der Waals surface area contributed by atoms with E-state index < -0.39 is 7.26 Å². The Bertz CT molecular complexity index is 726. The minimum Gasteiger partial charge on any atom is -1.00 e. The van der Waals surface area contributed by atoms with E-state index in [-0.39, 0.29) is 23.6 Å². The first-order valence-electron chi connectivity index (χ1n) is 7.83. The monoisotopic (exact) mass is 488 g/mol. The second kappa shape index (κ2) is 9.55. The molecule has 0 aromatic heterocycles. The molecule has 0 bridgehead atoms. The van der Waals surface area contributed by atoms with E-state index in [4.69, 9.17) is 34.8 Å². The van der Waals surface area contributed by atoms with Gasteiger partial charge in [0.25, 0.3) is 0 Å². The lowest BCUT2D eigenvalue weighted by Crippen LogP contribution is -3.00. The van der Waals surface area contributed by atoms with Crippen LogP contribution in [0.5, 0.6) is 0 Å². The molecule has 3 aromatic rings. The van der Waals surface area contributed by atoms with E-state index in [1.165, 1.54) is 0 Å². The Kier molecular flexibility index (Phi) is 7.97. The molecule has 0 aliphatic carbocycles. The second-order valence-electron chi connectivity index (χ2n) is 5.69. The summed E-state index contributed by atoms with van der Waals surface area (Å²) in [6.07, 6.45) is 0.637. The van der Waals surface area contributed by atoms with Gasteiger partial charge in [-0.2, -0.15) is 0 Å². The third kappa shape index (κ3) is 4.44. The summed E-state index contributed by atoms with van der Waals surface area (Å²) in [6.45, 7) is 0.0850. The van der Waals surface area contributed by atoms with Gasteiger partial charge in [0.2, 0.25) is 0 Å². The maximum atomic E-state index is 9.90. The summed E-state index contributed by atoms with van der Waals surface area (Å²) >= 11 is 18.3. The highest BCUT2D eigenvalue weighted by Gasteiger charge is 2.44. The van der Waals surface area contributed by atoms with Crippen molar-refractivity contribution in [2.45, 2.75) is 0 Å². The van der Waals surface area contributed by atoms with Crippen LogP contribution in [0.2, 0.25) is 15.1 Å². The first-order chi connectivity index (χ1) is 12.1. The number of benzene rings is 3. The molecule has 0 radical (unpaired) electrons. The molecule has 0 aliphatic heterocycles. The SMILES string of the molecule is OCC[P+](c1ccc(Cl)cc1)(c1ccc(Cl)cc1)c1ccc(Cl)cc1.[Br-]. The lowest BCUT2D eigenvalue weighted by Gasteiger charge is -2.27. The van der Waals surface area contributed by atoms with Crippen molar-refractivity contribution in [3.05, 3.63) is 87.9 Å². The number of halogens is 4. The third-order valence-electron chi connectivity index (χ3n) is 4.24. The van der Waals surface area contributed by atoms with E-state index in [2.05, 4.69) is 36.4 Å². The molecule has 3 rings (SSSR count). The number of aliphatic hydroxyl groups is 1. The molecule has 0 unspecified atom stereocenters. The normalized spacial score (nSPS) is 11.1. The molecular weight excluding hydrogens is 473 g/mol. The fourth-order valence-corrected chi connectivity index (χ4v) is 7.39. The number of hydrogen-bond acceptors (Lipinski definition) is 1. The molecule has 0 saturated heterocycles. The number of rotatable bonds is 5. The largest absolute Gasteiger partial charge is 1.00 e. The van der Waals surface area contributed by atoms with Crippen molar-refractivity contribution < 1.29 is 22.1 Å². The fraction of sp³-hybridized carbons (Fsp3) is 0.100. The van der Waals surface area contributed by atoms with Crippen molar-refractivity contribution in [1.82, 2.24) is 0 Å². The zero-order chi connectivity index (χ0) is 17.9. The van der Waals surface area contributed by atoms with Crippen LogP contribution in [0.15, 0.2) is 72.8 Å². The number of aliphatic hydroxyl groups excluding tert-OH is 1. The molecule has 0 fully saturated rings. The van der Waals surface area contributed by atoms with E-state index in [1.54, 1.807) is 0 Å². The average molecular weight is 491 g/mol. The Morgan fingerprint density at radius 2 is 0.846 bits per heavy atom. The molecule has 0 aliphatic rings. The summed E-state index contributed by atoms with van der Waals surface area (Å²) < 4.78 is 0. The maximum absolute atomic E-state index is 9.90. The summed E-state index contributed by atoms with van der Waals surface area (Å²) in [6, 6.07) is 23.7. The molecule has 6 heteroatoms. The Morgan fingerprint density at radius 3 is 1.08 bits per heavy atom. The van der Waals surface area contributed by atoms with Crippen LogP contribution >= 0.6 is 42.1 Å². The van der Waals surface area contributed by atoms with Gasteiger partial charge in [0.15, 0.2) is 0 Å². The molecule has 1 N–H and O–H groups in total. The zero-order valence-corrected chi connectivity index (χ0v) is 18.5. The Labute approximate surface area is 180 Å². The van der Waals surface area contributed by atoms with E-state index >= 15 is 0 Å². The molecule has 26 heavy (non-hydrogen) atoms. The van der Waals surface area contributed by atoms with E-state index in [1.807, 2.05) is 36.4 Å². The summed E-state index contributed by atoms with van der Waals surface area (Å²) in [5, 5.41) is 15.5. The van der Waals surface area contributed by atoms with Crippen molar-refractivity contribution in [3.8, 4) is 0 Å². The van der Waals surface area contributed by atoms with Gasteiger partial charge < -0.3 is 22.1 Å². The van der Waals surface area contributed by atoms with Crippen LogP contribution in [-0.2, 0) is 0 Å². The highest BCUT2D eigenvalue weighted by Crippen LogP contribution is 2.55.